The first-order chi connectivity index (χ1) is 13.8. The van der Waals surface area contributed by atoms with Gasteiger partial charge in [-0.25, -0.2) is 0 Å². The third-order valence-corrected chi connectivity index (χ3v) is 5.42. The summed E-state index contributed by atoms with van der Waals surface area (Å²) in [5.41, 5.74) is 1.65. The van der Waals surface area contributed by atoms with Gasteiger partial charge in [0.15, 0.2) is 0 Å². The molecule has 0 fully saturated rings. The number of hydrogen-bond acceptors (Lipinski definition) is 3. The van der Waals surface area contributed by atoms with Crippen LogP contribution in [0.5, 0.6) is 5.75 Å². The average Bonchev–Trinajstić information content (AvgIpc) is 2.60. The minimum Gasteiger partial charge on any atom is -0.508 e. The third-order valence-electron chi connectivity index (χ3n) is 5.11. The van der Waals surface area contributed by atoms with Crippen molar-refractivity contribution in [3.05, 3.63) is 68.5 Å². The van der Waals surface area contributed by atoms with Crippen LogP contribution in [-0.2, 0) is 10.8 Å². The molecule has 0 radical (unpaired) electrons. The van der Waals surface area contributed by atoms with Crippen molar-refractivity contribution in [3.8, 4) is 5.75 Å². The van der Waals surface area contributed by atoms with Gasteiger partial charge in [0, 0.05) is 23.3 Å². The summed E-state index contributed by atoms with van der Waals surface area (Å²) in [6, 6.07) is 8.46. The van der Waals surface area contributed by atoms with Gasteiger partial charge >= 0.3 is 0 Å². The van der Waals surface area contributed by atoms with Gasteiger partial charge < -0.3 is 15.4 Å². The van der Waals surface area contributed by atoms with Crippen LogP contribution in [0.4, 0.5) is 5.69 Å². The molecule has 0 saturated carbocycles. The van der Waals surface area contributed by atoms with E-state index in [2.05, 4.69) is 10.3 Å². The number of pyridine rings is 1. The van der Waals surface area contributed by atoms with Crippen molar-refractivity contribution in [2.24, 2.45) is 0 Å². The number of H-pyrrole nitrogens is 1. The first-order valence-electron chi connectivity index (χ1n) is 9.80. The standard InChI is InChI=1S/C24H27ClN2O3/c1-23(2,3)15-10-16(24(4,5)6)19(28)11-18(15)27-22(30)14-12-26-20-13(21(14)29)8-7-9-17(20)25/h7-12,28H,1-6H3,(H,26,29)(H,27,30). The zero-order valence-electron chi connectivity index (χ0n) is 18.1. The van der Waals surface area contributed by atoms with Crippen LogP contribution in [0.15, 0.2) is 41.3 Å². The smallest absolute Gasteiger partial charge is 0.261 e. The summed E-state index contributed by atoms with van der Waals surface area (Å²) in [6.07, 6.45) is 1.37. The molecule has 0 aliphatic carbocycles. The van der Waals surface area contributed by atoms with E-state index >= 15 is 0 Å². The molecule has 1 aromatic heterocycles. The number of aromatic amines is 1. The lowest BCUT2D eigenvalue weighted by Crippen LogP contribution is -2.25. The number of carbonyl (C=O) groups is 1. The molecule has 0 bridgehead atoms. The number of rotatable bonds is 2. The van der Waals surface area contributed by atoms with Crippen molar-refractivity contribution in [3.63, 3.8) is 0 Å². The second-order valence-electron chi connectivity index (χ2n) is 9.56. The number of carbonyl (C=O) groups excluding carboxylic acids is 1. The second-order valence-corrected chi connectivity index (χ2v) is 9.97. The van der Waals surface area contributed by atoms with Crippen LogP contribution in [0.25, 0.3) is 10.9 Å². The van der Waals surface area contributed by atoms with Crippen LogP contribution >= 0.6 is 11.6 Å². The first kappa shape index (κ1) is 21.9. The van der Waals surface area contributed by atoms with Gasteiger partial charge in [-0.3, -0.25) is 9.59 Å². The Bertz CT molecular complexity index is 1200. The fourth-order valence-corrected chi connectivity index (χ4v) is 3.72. The lowest BCUT2D eigenvalue weighted by Gasteiger charge is -2.28. The predicted molar refractivity (Wildman–Crippen MR) is 123 cm³/mol. The number of amides is 1. The van der Waals surface area contributed by atoms with Gasteiger partial charge in [-0.15, -0.1) is 0 Å². The van der Waals surface area contributed by atoms with E-state index in [-0.39, 0.29) is 22.1 Å². The highest BCUT2D eigenvalue weighted by atomic mass is 35.5. The largest absolute Gasteiger partial charge is 0.508 e. The summed E-state index contributed by atoms with van der Waals surface area (Å²) in [4.78, 5) is 28.8. The summed E-state index contributed by atoms with van der Waals surface area (Å²) in [5.74, 6) is -0.448. The van der Waals surface area contributed by atoms with E-state index in [4.69, 9.17) is 11.6 Å². The molecule has 0 saturated heterocycles. The Balaban J connectivity index is 2.09. The molecule has 6 heteroatoms. The monoisotopic (exact) mass is 426 g/mol. The van der Waals surface area contributed by atoms with Gasteiger partial charge in [0.05, 0.1) is 10.5 Å². The van der Waals surface area contributed by atoms with Crippen molar-refractivity contribution in [1.82, 2.24) is 4.98 Å². The Morgan fingerprint density at radius 2 is 1.67 bits per heavy atom. The average molecular weight is 427 g/mol. The first-order valence-corrected chi connectivity index (χ1v) is 10.2. The van der Waals surface area contributed by atoms with E-state index < -0.39 is 11.3 Å². The van der Waals surface area contributed by atoms with E-state index in [1.165, 1.54) is 6.20 Å². The molecule has 0 spiro atoms. The van der Waals surface area contributed by atoms with Crippen molar-refractivity contribution in [1.29, 1.82) is 0 Å². The highest BCUT2D eigenvalue weighted by molar-refractivity contribution is 6.35. The van der Waals surface area contributed by atoms with Crippen LogP contribution in [0, 0.1) is 0 Å². The van der Waals surface area contributed by atoms with Crippen molar-refractivity contribution in [2.75, 3.05) is 5.32 Å². The number of hydrogen-bond donors (Lipinski definition) is 3. The maximum Gasteiger partial charge on any atom is 0.261 e. The Hall–Kier alpha value is -2.79. The maximum absolute atomic E-state index is 13.0. The molecule has 0 unspecified atom stereocenters. The second kappa shape index (κ2) is 7.47. The molecule has 3 aromatic rings. The Labute approximate surface area is 181 Å². The summed E-state index contributed by atoms with van der Waals surface area (Å²) in [5, 5.41) is 14.2. The highest BCUT2D eigenvalue weighted by Crippen LogP contribution is 2.39. The number of aromatic nitrogens is 1. The zero-order chi connectivity index (χ0) is 22.4. The maximum atomic E-state index is 13.0. The van der Waals surface area contributed by atoms with E-state index in [1.807, 2.05) is 47.6 Å². The molecule has 5 nitrogen and oxygen atoms in total. The molecule has 1 amide bonds. The summed E-state index contributed by atoms with van der Waals surface area (Å²) >= 11 is 6.13. The van der Waals surface area contributed by atoms with Crippen LogP contribution in [0.2, 0.25) is 5.02 Å². The number of anilines is 1. The van der Waals surface area contributed by atoms with E-state index in [0.29, 0.717) is 21.6 Å². The van der Waals surface area contributed by atoms with Crippen LogP contribution < -0.4 is 10.7 Å². The minimum atomic E-state index is -0.550. The third kappa shape index (κ3) is 4.08. The summed E-state index contributed by atoms with van der Waals surface area (Å²) in [6.45, 7) is 12.2. The van der Waals surface area contributed by atoms with E-state index in [9.17, 15) is 14.7 Å². The highest BCUT2D eigenvalue weighted by Gasteiger charge is 2.26. The van der Waals surface area contributed by atoms with Crippen molar-refractivity contribution in [2.45, 2.75) is 52.4 Å². The van der Waals surface area contributed by atoms with Gasteiger partial charge in [0.25, 0.3) is 5.91 Å². The number of phenolic OH excluding ortho intramolecular Hbond substituents is 1. The molecule has 0 aliphatic rings. The Kier molecular flexibility index (Phi) is 5.46. The predicted octanol–water partition coefficient (Wildman–Crippen LogP) is 5.73. The van der Waals surface area contributed by atoms with Gasteiger partial charge in [-0.1, -0.05) is 59.2 Å². The molecular weight excluding hydrogens is 400 g/mol. The fraction of sp³-hybridized carbons (Fsp3) is 0.333. The van der Waals surface area contributed by atoms with Gasteiger partial charge in [-0.05, 0) is 40.2 Å². The van der Waals surface area contributed by atoms with E-state index in [0.717, 1.165) is 11.1 Å². The normalized spacial score (nSPS) is 12.2. The lowest BCUT2D eigenvalue weighted by molar-refractivity contribution is 0.102. The van der Waals surface area contributed by atoms with Crippen molar-refractivity contribution >= 4 is 34.1 Å². The number of benzene rings is 2. The zero-order valence-corrected chi connectivity index (χ0v) is 18.9. The number of halogens is 1. The van der Waals surface area contributed by atoms with Gasteiger partial charge in [0.2, 0.25) is 5.43 Å². The molecule has 1 heterocycles. The topological polar surface area (TPSA) is 82.2 Å². The number of nitrogens with one attached hydrogen (secondary N) is 2. The van der Waals surface area contributed by atoms with Crippen LogP contribution in [0.3, 0.4) is 0 Å². The molecule has 158 valence electrons. The Morgan fingerprint density at radius 3 is 2.27 bits per heavy atom. The minimum absolute atomic E-state index is 0.0241. The number of fused-ring (bicyclic) bond motifs is 1. The van der Waals surface area contributed by atoms with Crippen molar-refractivity contribution < 1.29 is 9.90 Å². The van der Waals surface area contributed by atoms with Crippen LogP contribution in [-0.4, -0.2) is 16.0 Å². The van der Waals surface area contributed by atoms with Gasteiger partial charge in [0.1, 0.15) is 11.3 Å². The summed E-state index contributed by atoms with van der Waals surface area (Å²) < 4.78 is 0. The molecule has 0 atom stereocenters. The molecule has 3 N–H and O–H groups in total. The SMILES string of the molecule is CC(C)(C)c1cc(C(C)(C)C)c(NC(=O)c2c[nH]c3c(Cl)cccc3c2=O)cc1O. The number of phenols is 1. The molecular formula is C24H27ClN2O3. The van der Waals surface area contributed by atoms with E-state index in [1.54, 1.807) is 24.3 Å². The summed E-state index contributed by atoms with van der Waals surface area (Å²) in [7, 11) is 0. The molecule has 30 heavy (non-hydrogen) atoms. The Morgan fingerprint density at radius 1 is 1.03 bits per heavy atom. The quantitative estimate of drug-likeness (QED) is 0.489. The molecule has 2 aromatic carbocycles. The number of para-hydroxylation sites is 1. The van der Waals surface area contributed by atoms with Crippen LogP contribution in [0.1, 0.15) is 63.0 Å². The number of aromatic hydroxyl groups is 1. The van der Waals surface area contributed by atoms with Gasteiger partial charge in [-0.2, -0.15) is 0 Å². The molecule has 3 rings (SSSR count). The lowest BCUT2D eigenvalue weighted by atomic mass is 9.79. The fourth-order valence-electron chi connectivity index (χ4n) is 3.49. The molecule has 0 aliphatic heterocycles.